The van der Waals surface area contributed by atoms with Gasteiger partial charge in [-0.1, -0.05) is 41.1 Å². The minimum Gasteiger partial charge on any atom is -0.372 e. The summed E-state index contributed by atoms with van der Waals surface area (Å²) in [7, 11) is 1.57. The standard InChI is InChI=1S/C29H29Cl2FN4O2/c1-17-27(34-18(2)36(28(17)37)24-8-4-7-22(30)25(24)31)35-11-9-29(10-12-35)16-21-20(26(29)33)14-19(15-23(21)32)6-5-13-38-3/h4,7-8,14-15,26H,9-13,16,33H2,1-3H3/t26-/m1/s1. The maximum absolute atomic E-state index is 15.1. The van der Waals surface area contributed by atoms with Crippen LogP contribution in [0.2, 0.25) is 10.0 Å². The van der Waals surface area contributed by atoms with E-state index < -0.39 is 0 Å². The van der Waals surface area contributed by atoms with Crippen LogP contribution in [-0.2, 0) is 11.2 Å². The summed E-state index contributed by atoms with van der Waals surface area (Å²) in [6, 6.07) is 8.30. The smallest absolute Gasteiger partial charge is 0.263 e. The number of anilines is 1. The molecule has 1 saturated heterocycles. The van der Waals surface area contributed by atoms with E-state index in [0.29, 0.717) is 63.6 Å². The monoisotopic (exact) mass is 554 g/mol. The highest BCUT2D eigenvalue weighted by Crippen LogP contribution is 2.52. The number of methoxy groups -OCH3 is 1. The topological polar surface area (TPSA) is 73.4 Å². The van der Waals surface area contributed by atoms with Crippen LogP contribution in [0.3, 0.4) is 0 Å². The predicted molar refractivity (Wildman–Crippen MR) is 149 cm³/mol. The normalized spacial score (nSPS) is 17.9. The van der Waals surface area contributed by atoms with Crippen molar-refractivity contribution in [2.75, 3.05) is 31.7 Å². The van der Waals surface area contributed by atoms with Crippen molar-refractivity contribution in [3.63, 3.8) is 0 Å². The first-order valence-corrected chi connectivity index (χ1v) is 13.3. The van der Waals surface area contributed by atoms with Crippen molar-refractivity contribution in [1.82, 2.24) is 9.55 Å². The molecular weight excluding hydrogens is 526 g/mol. The minimum absolute atomic E-state index is 0.189. The summed E-state index contributed by atoms with van der Waals surface area (Å²) in [6.07, 6.45) is 2.11. The molecule has 2 heterocycles. The molecule has 1 aromatic heterocycles. The zero-order chi connectivity index (χ0) is 27.2. The first-order chi connectivity index (χ1) is 18.2. The minimum atomic E-state index is -0.285. The summed E-state index contributed by atoms with van der Waals surface area (Å²) >= 11 is 12.6. The highest BCUT2D eigenvalue weighted by molar-refractivity contribution is 6.43. The molecule has 38 heavy (non-hydrogen) atoms. The summed E-state index contributed by atoms with van der Waals surface area (Å²) < 4.78 is 21.5. The number of aryl methyl sites for hydroxylation is 1. The highest BCUT2D eigenvalue weighted by Gasteiger charge is 2.47. The number of halogens is 3. The van der Waals surface area contributed by atoms with Gasteiger partial charge in [0, 0.05) is 31.8 Å². The fourth-order valence-electron chi connectivity index (χ4n) is 5.80. The SMILES string of the molecule is COCC#Cc1cc(F)c2c(c1)[C@@H](N)C1(CCN(c3nc(C)n(-c4cccc(Cl)c4Cl)c(=O)c3C)CC1)C2. The van der Waals surface area contributed by atoms with E-state index in [2.05, 4.69) is 16.7 Å². The quantitative estimate of drug-likeness (QED) is 0.454. The lowest BCUT2D eigenvalue weighted by Crippen LogP contribution is -2.45. The number of ether oxygens (including phenoxy) is 1. The third-order valence-electron chi connectivity index (χ3n) is 7.88. The molecule has 0 radical (unpaired) electrons. The maximum atomic E-state index is 15.1. The summed E-state index contributed by atoms with van der Waals surface area (Å²) in [5.41, 5.74) is 9.51. The lowest BCUT2D eigenvalue weighted by atomic mass is 9.73. The van der Waals surface area contributed by atoms with Crippen LogP contribution in [0.4, 0.5) is 10.2 Å². The van der Waals surface area contributed by atoms with E-state index in [1.54, 1.807) is 39.2 Å². The summed E-state index contributed by atoms with van der Waals surface area (Å²) in [6.45, 7) is 5.18. The number of hydrogen-bond donors (Lipinski definition) is 1. The van der Waals surface area contributed by atoms with Crippen molar-refractivity contribution in [3.05, 3.63) is 84.6 Å². The number of fused-ring (bicyclic) bond motifs is 1. The molecule has 1 aliphatic heterocycles. The number of benzene rings is 2. The van der Waals surface area contributed by atoms with Gasteiger partial charge in [0.25, 0.3) is 5.56 Å². The highest BCUT2D eigenvalue weighted by atomic mass is 35.5. The third-order valence-corrected chi connectivity index (χ3v) is 8.69. The number of nitrogens with two attached hydrogens (primary N) is 1. The van der Waals surface area contributed by atoms with Gasteiger partial charge in [-0.05, 0) is 73.9 Å². The Hall–Kier alpha value is -2.89. The average molecular weight is 555 g/mol. The Morgan fingerprint density at radius 1 is 1.24 bits per heavy atom. The second kappa shape index (κ2) is 10.3. The molecular formula is C29H29Cl2FN4O2. The van der Waals surface area contributed by atoms with E-state index in [1.807, 2.05) is 6.07 Å². The van der Waals surface area contributed by atoms with Crippen LogP contribution in [0.5, 0.6) is 0 Å². The van der Waals surface area contributed by atoms with Crippen molar-refractivity contribution >= 4 is 29.0 Å². The van der Waals surface area contributed by atoms with E-state index in [9.17, 15) is 4.79 Å². The first kappa shape index (κ1) is 26.7. The van der Waals surface area contributed by atoms with Crippen molar-refractivity contribution in [2.45, 2.75) is 39.2 Å². The largest absolute Gasteiger partial charge is 0.372 e. The van der Waals surface area contributed by atoms with Gasteiger partial charge in [0.1, 0.15) is 24.1 Å². The molecule has 2 aromatic carbocycles. The second-order valence-electron chi connectivity index (χ2n) is 10.1. The van der Waals surface area contributed by atoms with Gasteiger partial charge in [-0.25, -0.2) is 9.37 Å². The van der Waals surface area contributed by atoms with Crippen molar-refractivity contribution < 1.29 is 9.13 Å². The van der Waals surface area contributed by atoms with Gasteiger partial charge < -0.3 is 15.4 Å². The van der Waals surface area contributed by atoms with Crippen molar-refractivity contribution in [3.8, 4) is 17.5 Å². The van der Waals surface area contributed by atoms with Gasteiger partial charge in [0.15, 0.2) is 0 Å². The number of aromatic nitrogens is 2. The lowest BCUT2D eigenvalue weighted by Gasteiger charge is -2.43. The molecule has 198 valence electrons. The van der Waals surface area contributed by atoms with Gasteiger partial charge in [-0.3, -0.25) is 9.36 Å². The molecule has 9 heteroatoms. The Morgan fingerprint density at radius 2 is 1.97 bits per heavy atom. The van der Waals surface area contributed by atoms with Crippen LogP contribution in [0.25, 0.3) is 5.69 Å². The fourth-order valence-corrected chi connectivity index (χ4v) is 6.18. The van der Waals surface area contributed by atoms with Crippen molar-refractivity contribution in [2.24, 2.45) is 11.1 Å². The molecule has 0 bridgehead atoms. The van der Waals surface area contributed by atoms with E-state index >= 15 is 4.39 Å². The van der Waals surface area contributed by atoms with Crippen LogP contribution in [0.15, 0.2) is 35.1 Å². The molecule has 1 aliphatic carbocycles. The Balaban J connectivity index is 1.40. The molecule has 0 saturated carbocycles. The van der Waals surface area contributed by atoms with E-state index in [-0.39, 0.29) is 29.4 Å². The Kier molecular flexibility index (Phi) is 7.27. The molecule has 0 amide bonds. The van der Waals surface area contributed by atoms with Crippen LogP contribution in [-0.4, -0.2) is 36.4 Å². The molecule has 6 nitrogen and oxygen atoms in total. The number of piperidine rings is 1. The molecule has 2 N–H and O–H groups in total. The van der Waals surface area contributed by atoms with Gasteiger partial charge in [-0.15, -0.1) is 0 Å². The van der Waals surface area contributed by atoms with Crippen LogP contribution in [0, 0.1) is 36.9 Å². The van der Waals surface area contributed by atoms with Crippen LogP contribution >= 0.6 is 23.2 Å². The molecule has 1 spiro atoms. The van der Waals surface area contributed by atoms with E-state index in [0.717, 1.165) is 18.4 Å². The summed E-state index contributed by atoms with van der Waals surface area (Å²) in [4.78, 5) is 20.4. The van der Waals surface area contributed by atoms with Gasteiger partial charge in [0.05, 0.1) is 21.3 Å². The molecule has 1 fully saturated rings. The lowest BCUT2D eigenvalue weighted by molar-refractivity contribution is 0.186. The van der Waals surface area contributed by atoms with Crippen molar-refractivity contribution in [1.29, 1.82) is 0 Å². The second-order valence-corrected chi connectivity index (χ2v) is 10.9. The third kappa shape index (κ3) is 4.50. The van der Waals surface area contributed by atoms with E-state index in [4.69, 9.17) is 38.7 Å². The molecule has 2 aliphatic rings. The Morgan fingerprint density at radius 3 is 2.68 bits per heavy atom. The van der Waals surface area contributed by atoms with Gasteiger partial charge in [-0.2, -0.15) is 0 Å². The first-order valence-electron chi connectivity index (χ1n) is 12.5. The van der Waals surface area contributed by atoms with E-state index in [1.165, 1.54) is 10.6 Å². The molecule has 3 aromatic rings. The van der Waals surface area contributed by atoms with Gasteiger partial charge in [0.2, 0.25) is 0 Å². The zero-order valence-corrected chi connectivity index (χ0v) is 23.1. The number of rotatable bonds is 3. The maximum Gasteiger partial charge on any atom is 0.263 e. The molecule has 0 unspecified atom stereocenters. The molecule has 1 atom stereocenters. The number of hydrogen-bond acceptors (Lipinski definition) is 5. The Labute approximate surface area is 231 Å². The Bertz CT molecular complexity index is 1530. The van der Waals surface area contributed by atoms with Gasteiger partial charge >= 0.3 is 0 Å². The zero-order valence-electron chi connectivity index (χ0n) is 21.6. The molecule has 5 rings (SSSR count). The van der Waals surface area contributed by atoms with Crippen LogP contribution < -0.4 is 16.2 Å². The fraction of sp³-hybridized carbons (Fsp3) is 0.379. The summed E-state index contributed by atoms with van der Waals surface area (Å²) in [5.74, 6) is 6.77. The van der Waals surface area contributed by atoms with Crippen LogP contribution in [0.1, 0.15) is 47.0 Å². The average Bonchev–Trinajstić information content (AvgIpc) is 3.16. The number of nitrogens with zero attached hydrogens (tertiary/aromatic N) is 3. The summed E-state index contributed by atoms with van der Waals surface area (Å²) in [5, 5.41) is 0.682. The predicted octanol–water partition coefficient (Wildman–Crippen LogP) is 5.14.